The Bertz CT molecular complexity index is 142. The van der Waals surface area contributed by atoms with Crippen LogP contribution in [-0.4, -0.2) is 22.4 Å². The van der Waals surface area contributed by atoms with Crippen molar-refractivity contribution in [1.29, 1.82) is 0 Å². The maximum atomic E-state index is 9.96. The lowest BCUT2D eigenvalue weighted by atomic mass is 9.66. The Morgan fingerprint density at radius 2 is 1.73 bits per heavy atom. The monoisotopic (exact) mass is 158 g/mol. The van der Waals surface area contributed by atoms with Gasteiger partial charge in [0.15, 0.2) is 0 Å². The number of aliphatic hydroxyl groups excluding tert-OH is 1. The van der Waals surface area contributed by atoms with Gasteiger partial charge in [0.2, 0.25) is 0 Å². The van der Waals surface area contributed by atoms with Crippen LogP contribution in [0.5, 0.6) is 0 Å². The van der Waals surface area contributed by atoms with E-state index >= 15 is 0 Å². The number of rotatable bonds is 1. The van der Waals surface area contributed by atoms with Crippen molar-refractivity contribution >= 4 is 0 Å². The second-order valence-corrected chi connectivity index (χ2v) is 4.28. The van der Waals surface area contributed by atoms with Gasteiger partial charge in [-0.05, 0) is 18.3 Å². The molecule has 0 aromatic carbocycles. The molecule has 2 N–H and O–H groups in total. The molecule has 11 heavy (non-hydrogen) atoms. The summed E-state index contributed by atoms with van der Waals surface area (Å²) in [5, 5.41) is 19.0. The van der Waals surface area contributed by atoms with Crippen LogP contribution in [0.25, 0.3) is 0 Å². The number of hydrogen-bond donors (Lipinski definition) is 2. The summed E-state index contributed by atoms with van der Waals surface area (Å²) >= 11 is 0. The minimum atomic E-state index is -0.828. The highest BCUT2D eigenvalue weighted by Gasteiger charge is 2.44. The Labute approximate surface area is 68.2 Å². The van der Waals surface area contributed by atoms with Crippen molar-refractivity contribution in [3.05, 3.63) is 0 Å². The first-order valence-electron chi connectivity index (χ1n) is 4.35. The predicted molar refractivity (Wildman–Crippen MR) is 44.3 cm³/mol. The third kappa shape index (κ3) is 1.42. The summed E-state index contributed by atoms with van der Waals surface area (Å²) in [5.41, 5.74) is -0.939. The molecule has 0 heterocycles. The van der Waals surface area contributed by atoms with E-state index in [1.807, 2.05) is 13.8 Å². The van der Waals surface area contributed by atoms with E-state index in [2.05, 4.69) is 0 Å². The van der Waals surface area contributed by atoms with Crippen LogP contribution in [0.3, 0.4) is 0 Å². The molecule has 0 aromatic rings. The third-order valence-electron chi connectivity index (χ3n) is 3.16. The van der Waals surface area contributed by atoms with Crippen molar-refractivity contribution in [3.63, 3.8) is 0 Å². The van der Waals surface area contributed by atoms with Gasteiger partial charge in [-0.15, -0.1) is 0 Å². The molecule has 0 unspecified atom stereocenters. The summed E-state index contributed by atoms with van der Waals surface area (Å²) in [6.45, 7) is 3.96. The van der Waals surface area contributed by atoms with Gasteiger partial charge in [-0.3, -0.25) is 0 Å². The van der Waals surface area contributed by atoms with Gasteiger partial charge in [0.1, 0.15) is 0 Å². The van der Waals surface area contributed by atoms with Crippen LogP contribution >= 0.6 is 0 Å². The Kier molecular flexibility index (Phi) is 2.26. The lowest BCUT2D eigenvalue weighted by Gasteiger charge is -2.45. The van der Waals surface area contributed by atoms with Gasteiger partial charge in [0.05, 0.1) is 12.2 Å². The van der Waals surface area contributed by atoms with Crippen LogP contribution in [-0.2, 0) is 0 Å². The average molecular weight is 158 g/mol. The van der Waals surface area contributed by atoms with E-state index in [9.17, 15) is 5.11 Å². The molecule has 1 aliphatic rings. The highest BCUT2D eigenvalue weighted by molar-refractivity contribution is 4.95. The Hall–Kier alpha value is -0.0800. The topological polar surface area (TPSA) is 40.5 Å². The van der Waals surface area contributed by atoms with E-state index in [4.69, 9.17) is 5.11 Å². The Morgan fingerprint density at radius 1 is 1.18 bits per heavy atom. The molecule has 2 nitrogen and oxygen atoms in total. The molecule has 1 rings (SSSR count). The van der Waals surface area contributed by atoms with Gasteiger partial charge < -0.3 is 10.2 Å². The minimum Gasteiger partial charge on any atom is -0.393 e. The first-order chi connectivity index (χ1) is 5.02. The predicted octanol–water partition coefficient (Wildman–Crippen LogP) is 1.31. The highest BCUT2D eigenvalue weighted by atomic mass is 16.3. The molecule has 1 fully saturated rings. The summed E-state index contributed by atoms with van der Waals surface area (Å²) in [5.74, 6) is 0. The third-order valence-corrected chi connectivity index (χ3v) is 3.16. The average Bonchev–Trinajstić information content (AvgIpc) is 1.95. The van der Waals surface area contributed by atoms with Gasteiger partial charge in [0.25, 0.3) is 0 Å². The lowest BCUT2D eigenvalue weighted by Crippen LogP contribution is -2.49. The Balaban J connectivity index is 2.74. The van der Waals surface area contributed by atoms with Gasteiger partial charge >= 0.3 is 0 Å². The normalized spacial score (nSPS) is 37.1. The van der Waals surface area contributed by atoms with Crippen molar-refractivity contribution in [2.24, 2.45) is 5.41 Å². The van der Waals surface area contributed by atoms with E-state index in [1.54, 1.807) is 0 Å². The summed E-state index contributed by atoms with van der Waals surface area (Å²) in [7, 11) is 0. The van der Waals surface area contributed by atoms with Crippen molar-refractivity contribution in [1.82, 2.24) is 0 Å². The maximum Gasteiger partial charge on any atom is 0.0927 e. The molecule has 0 saturated heterocycles. The second-order valence-electron chi connectivity index (χ2n) is 4.28. The summed E-state index contributed by atoms with van der Waals surface area (Å²) in [6.07, 6.45) is 3.98. The number of aliphatic hydroxyl groups is 2. The summed E-state index contributed by atoms with van der Waals surface area (Å²) in [4.78, 5) is 0. The lowest BCUT2D eigenvalue weighted by molar-refractivity contribution is -0.126. The molecular formula is C9H18O2. The zero-order valence-electron chi connectivity index (χ0n) is 7.43. The fourth-order valence-corrected chi connectivity index (χ4v) is 1.85. The molecule has 1 atom stereocenters. The zero-order valence-corrected chi connectivity index (χ0v) is 7.43. The molecule has 0 aliphatic heterocycles. The Morgan fingerprint density at radius 3 is 2.09 bits per heavy atom. The van der Waals surface area contributed by atoms with Crippen molar-refractivity contribution in [2.75, 3.05) is 6.61 Å². The molecule has 0 bridgehead atoms. The van der Waals surface area contributed by atoms with Crippen LogP contribution < -0.4 is 0 Å². The standard InChI is InChI=1S/C9H18O2/c1-8(2)5-3-4-6-9(8,11)7-10/h10-11H,3-7H2,1-2H3/t9-/m1/s1. The maximum absolute atomic E-state index is 9.96. The second kappa shape index (κ2) is 2.76. The minimum absolute atomic E-state index is 0.0972. The summed E-state index contributed by atoms with van der Waals surface area (Å²) < 4.78 is 0. The molecule has 1 saturated carbocycles. The zero-order chi connectivity index (χ0) is 8.54. The fraction of sp³-hybridized carbons (Fsp3) is 1.00. The van der Waals surface area contributed by atoms with Crippen LogP contribution in [0.4, 0.5) is 0 Å². The fourth-order valence-electron chi connectivity index (χ4n) is 1.85. The largest absolute Gasteiger partial charge is 0.393 e. The van der Waals surface area contributed by atoms with Crippen molar-refractivity contribution in [3.8, 4) is 0 Å². The first-order valence-corrected chi connectivity index (χ1v) is 4.35. The molecule has 0 amide bonds. The van der Waals surface area contributed by atoms with Gasteiger partial charge in [-0.1, -0.05) is 26.7 Å². The van der Waals surface area contributed by atoms with E-state index in [-0.39, 0.29) is 12.0 Å². The van der Waals surface area contributed by atoms with E-state index < -0.39 is 5.60 Å². The quantitative estimate of drug-likeness (QED) is 0.604. The SMILES string of the molecule is CC1(C)CCCC[C@@]1(O)CO. The molecule has 2 heteroatoms. The van der Waals surface area contributed by atoms with Gasteiger partial charge in [-0.2, -0.15) is 0 Å². The van der Waals surface area contributed by atoms with Crippen LogP contribution in [0.2, 0.25) is 0 Å². The molecule has 0 radical (unpaired) electrons. The molecule has 66 valence electrons. The number of hydrogen-bond acceptors (Lipinski definition) is 2. The molecule has 0 aromatic heterocycles. The molecular weight excluding hydrogens is 140 g/mol. The summed E-state index contributed by atoms with van der Waals surface area (Å²) in [6, 6.07) is 0. The van der Waals surface area contributed by atoms with Gasteiger partial charge in [0, 0.05) is 0 Å². The van der Waals surface area contributed by atoms with Crippen molar-refractivity contribution in [2.45, 2.75) is 45.1 Å². The smallest absolute Gasteiger partial charge is 0.0927 e. The van der Waals surface area contributed by atoms with E-state index in [1.165, 1.54) is 6.42 Å². The van der Waals surface area contributed by atoms with E-state index in [0.29, 0.717) is 0 Å². The molecule has 1 aliphatic carbocycles. The highest BCUT2D eigenvalue weighted by Crippen LogP contribution is 2.43. The van der Waals surface area contributed by atoms with Crippen molar-refractivity contribution < 1.29 is 10.2 Å². The van der Waals surface area contributed by atoms with E-state index in [0.717, 1.165) is 19.3 Å². The van der Waals surface area contributed by atoms with Crippen LogP contribution in [0.1, 0.15) is 39.5 Å². The van der Waals surface area contributed by atoms with Crippen LogP contribution in [0.15, 0.2) is 0 Å². The van der Waals surface area contributed by atoms with Crippen LogP contribution in [0, 0.1) is 5.41 Å². The van der Waals surface area contributed by atoms with Gasteiger partial charge in [-0.25, -0.2) is 0 Å². The molecule has 0 spiro atoms. The first kappa shape index (κ1) is 9.01.